The molecule has 3 aromatic rings. The van der Waals surface area contributed by atoms with Crippen LogP contribution in [0.2, 0.25) is 0 Å². The van der Waals surface area contributed by atoms with Crippen molar-refractivity contribution >= 4 is 11.6 Å². The summed E-state index contributed by atoms with van der Waals surface area (Å²) in [6.45, 7) is 3.91. The number of methoxy groups -OCH3 is 1. The number of anilines is 1. The molecule has 8 nitrogen and oxygen atoms in total. The third-order valence-electron chi connectivity index (χ3n) is 3.94. The number of aliphatic hydroxyl groups is 1. The van der Waals surface area contributed by atoms with Crippen LogP contribution in [0.25, 0.3) is 5.65 Å². The van der Waals surface area contributed by atoms with E-state index in [1.54, 1.807) is 38.0 Å². The van der Waals surface area contributed by atoms with Gasteiger partial charge in [0.1, 0.15) is 0 Å². The third kappa shape index (κ3) is 2.88. The van der Waals surface area contributed by atoms with Gasteiger partial charge in [0.2, 0.25) is 11.6 Å². The smallest absolute Gasteiger partial charge is 0.258 e. The number of aliphatic hydroxyl groups excluding tert-OH is 1. The van der Waals surface area contributed by atoms with Crippen LogP contribution in [0.15, 0.2) is 37.1 Å². The third-order valence-corrected chi connectivity index (χ3v) is 3.94. The van der Waals surface area contributed by atoms with Crippen LogP contribution in [0.5, 0.6) is 5.88 Å². The number of nitrogens with zero attached hydrogens (tertiary/aromatic N) is 5. The summed E-state index contributed by atoms with van der Waals surface area (Å²) in [6.07, 6.45) is 8.55. The van der Waals surface area contributed by atoms with Crippen molar-refractivity contribution in [2.45, 2.75) is 19.9 Å². The Morgan fingerprint density at radius 1 is 1.21 bits per heavy atom. The fourth-order valence-corrected chi connectivity index (χ4v) is 2.54. The maximum absolute atomic E-state index is 9.87. The van der Waals surface area contributed by atoms with Gasteiger partial charge in [-0.25, -0.2) is 19.9 Å². The molecule has 24 heavy (non-hydrogen) atoms. The van der Waals surface area contributed by atoms with Crippen molar-refractivity contribution in [3.8, 4) is 5.88 Å². The average Bonchev–Trinajstić information content (AvgIpc) is 3.04. The molecule has 0 saturated heterocycles. The molecule has 126 valence electrons. The van der Waals surface area contributed by atoms with Crippen LogP contribution in [-0.2, 0) is 0 Å². The zero-order valence-corrected chi connectivity index (χ0v) is 13.8. The van der Waals surface area contributed by atoms with Crippen LogP contribution in [0.1, 0.15) is 25.6 Å². The average molecular weight is 328 g/mol. The highest BCUT2D eigenvalue weighted by Crippen LogP contribution is 2.36. The first kappa shape index (κ1) is 16.1. The minimum Gasteiger partial charge on any atom is -0.478 e. The molecule has 0 aliphatic heterocycles. The normalized spacial score (nSPS) is 13.0. The second kappa shape index (κ2) is 6.40. The Balaban J connectivity index is 2.09. The molecule has 0 aromatic carbocycles. The zero-order chi connectivity index (χ0) is 17.2. The van der Waals surface area contributed by atoms with E-state index in [-0.39, 0.29) is 12.6 Å². The van der Waals surface area contributed by atoms with Crippen molar-refractivity contribution < 1.29 is 9.84 Å². The number of rotatable bonds is 6. The minimum absolute atomic E-state index is 0.0209. The molecule has 0 fully saturated rings. The first-order valence-electron chi connectivity index (χ1n) is 7.57. The minimum atomic E-state index is -0.480. The predicted molar refractivity (Wildman–Crippen MR) is 88.8 cm³/mol. The fraction of sp³-hybridized carbons (Fsp3) is 0.375. The molecule has 3 aromatic heterocycles. The van der Waals surface area contributed by atoms with E-state index in [0.717, 1.165) is 5.69 Å². The van der Waals surface area contributed by atoms with Gasteiger partial charge in [-0.05, 0) is 6.07 Å². The van der Waals surface area contributed by atoms with Crippen molar-refractivity contribution in [1.82, 2.24) is 24.3 Å². The summed E-state index contributed by atoms with van der Waals surface area (Å²) in [4.78, 5) is 17.0. The maximum Gasteiger partial charge on any atom is 0.258 e. The van der Waals surface area contributed by atoms with Crippen molar-refractivity contribution in [2.75, 3.05) is 19.0 Å². The predicted octanol–water partition coefficient (Wildman–Crippen LogP) is 1.70. The van der Waals surface area contributed by atoms with Crippen molar-refractivity contribution in [3.63, 3.8) is 0 Å². The van der Waals surface area contributed by atoms with Crippen molar-refractivity contribution in [2.24, 2.45) is 5.41 Å². The molecule has 1 atom stereocenters. The highest BCUT2D eigenvalue weighted by atomic mass is 16.5. The second-order valence-corrected chi connectivity index (χ2v) is 6.11. The summed E-state index contributed by atoms with van der Waals surface area (Å²) in [7, 11) is 1.56. The van der Waals surface area contributed by atoms with E-state index in [1.165, 1.54) is 0 Å². The summed E-state index contributed by atoms with van der Waals surface area (Å²) in [5, 5.41) is 13.2. The van der Waals surface area contributed by atoms with Gasteiger partial charge in [-0.15, -0.1) is 0 Å². The molecular formula is C16H20N6O2. The first-order chi connectivity index (χ1) is 11.6. The SMILES string of the molecule is COc1nccn2c(C(Nc3ncccn3)C(C)(C)CO)cnc12. The Labute approximate surface area is 139 Å². The lowest BCUT2D eigenvalue weighted by molar-refractivity contribution is 0.137. The number of ether oxygens (including phenoxy) is 1. The van der Waals surface area contributed by atoms with Crippen LogP contribution in [0.4, 0.5) is 5.95 Å². The van der Waals surface area contributed by atoms with Gasteiger partial charge in [-0.2, -0.15) is 0 Å². The molecule has 0 radical (unpaired) electrons. The van der Waals surface area contributed by atoms with E-state index in [0.29, 0.717) is 17.5 Å². The lowest BCUT2D eigenvalue weighted by atomic mass is 9.83. The topological polar surface area (TPSA) is 97.5 Å². The molecule has 8 heteroatoms. The van der Waals surface area contributed by atoms with Gasteiger partial charge in [-0.1, -0.05) is 13.8 Å². The summed E-state index contributed by atoms with van der Waals surface area (Å²) >= 11 is 0. The number of hydrogen-bond acceptors (Lipinski definition) is 7. The molecule has 3 heterocycles. The largest absolute Gasteiger partial charge is 0.478 e. The molecule has 0 aliphatic rings. The lowest BCUT2D eigenvalue weighted by Gasteiger charge is -2.33. The Hall–Kier alpha value is -2.74. The van der Waals surface area contributed by atoms with Gasteiger partial charge in [0.25, 0.3) is 5.88 Å². The van der Waals surface area contributed by atoms with Crippen LogP contribution >= 0.6 is 0 Å². The van der Waals surface area contributed by atoms with Gasteiger partial charge >= 0.3 is 0 Å². The summed E-state index contributed by atoms with van der Waals surface area (Å²) in [6, 6.07) is 1.48. The van der Waals surface area contributed by atoms with Crippen LogP contribution in [-0.4, -0.2) is 43.2 Å². The van der Waals surface area contributed by atoms with Gasteiger partial charge < -0.3 is 15.2 Å². The van der Waals surface area contributed by atoms with Gasteiger partial charge in [-0.3, -0.25) is 4.40 Å². The van der Waals surface area contributed by atoms with Crippen LogP contribution in [0, 0.1) is 5.41 Å². The zero-order valence-electron chi connectivity index (χ0n) is 13.8. The Morgan fingerprint density at radius 3 is 2.62 bits per heavy atom. The maximum atomic E-state index is 9.87. The first-order valence-corrected chi connectivity index (χ1v) is 7.57. The molecule has 0 spiro atoms. The van der Waals surface area contributed by atoms with Gasteiger partial charge in [0.05, 0.1) is 31.6 Å². The number of fused-ring (bicyclic) bond motifs is 1. The van der Waals surface area contributed by atoms with E-state index in [9.17, 15) is 5.11 Å². The number of aromatic nitrogens is 5. The van der Waals surface area contributed by atoms with E-state index in [1.807, 2.05) is 24.4 Å². The quantitative estimate of drug-likeness (QED) is 0.710. The molecule has 0 amide bonds. The summed E-state index contributed by atoms with van der Waals surface area (Å²) < 4.78 is 7.15. The monoisotopic (exact) mass is 328 g/mol. The summed E-state index contributed by atoms with van der Waals surface area (Å²) in [5.41, 5.74) is 0.993. The van der Waals surface area contributed by atoms with E-state index in [2.05, 4.69) is 25.3 Å². The number of imidazole rings is 1. The fourth-order valence-electron chi connectivity index (χ4n) is 2.54. The Bertz CT molecular complexity index is 818. The van der Waals surface area contributed by atoms with E-state index in [4.69, 9.17) is 4.74 Å². The Kier molecular flexibility index (Phi) is 4.30. The molecular weight excluding hydrogens is 308 g/mol. The number of nitrogens with one attached hydrogen (secondary N) is 1. The molecule has 1 unspecified atom stereocenters. The van der Waals surface area contributed by atoms with Crippen molar-refractivity contribution in [1.29, 1.82) is 0 Å². The summed E-state index contributed by atoms with van der Waals surface area (Å²) in [5.74, 6) is 0.931. The van der Waals surface area contributed by atoms with Crippen LogP contribution in [0.3, 0.4) is 0 Å². The van der Waals surface area contributed by atoms with Crippen LogP contribution < -0.4 is 10.1 Å². The lowest BCUT2D eigenvalue weighted by Crippen LogP contribution is -2.33. The molecule has 2 N–H and O–H groups in total. The molecule has 0 bridgehead atoms. The van der Waals surface area contributed by atoms with Crippen molar-refractivity contribution in [3.05, 3.63) is 42.7 Å². The molecule has 0 saturated carbocycles. The standard InChI is InChI=1S/C16H20N6O2/c1-16(2,10-23)12(21-15-18-5-4-6-19-15)11-9-20-13-14(24-3)17-7-8-22(11)13/h4-9,12,23H,10H2,1-3H3,(H,18,19,21). The number of hydrogen-bond donors (Lipinski definition) is 2. The van der Waals surface area contributed by atoms with E-state index >= 15 is 0 Å². The van der Waals surface area contributed by atoms with E-state index < -0.39 is 5.41 Å². The highest BCUT2D eigenvalue weighted by Gasteiger charge is 2.33. The Morgan fingerprint density at radius 2 is 1.96 bits per heavy atom. The van der Waals surface area contributed by atoms with Gasteiger partial charge in [0.15, 0.2) is 0 Å². The molecule has 3 rings (SSSR count). The molecule has 0 aliphatic carbocycles. The van der Waals surface area contributed by atoms with Gasteiger partial charge in [0, 0.05) is 30.2 Å². The second-order valence-electron chi connectivity index (χ2n) is 6.11. The highest BCUT2D eigenvalue weighted by molar-refractivity contribution is 5.51.